The molecular formula is C19H37N5O6. The van der Waals surface area contributed by atoms with Crippen LogP contribution in [0.4, 0.5) is 0 Å². The zero-order valence-electron chi connectivity index (χ0n) is 18.2. The van der Waals surface area contributed by atoms with E-state index in [2.05, 4.69) is 10.6 Å². The number of hydrogen-bond donors (Lipinski definition) is 5. The number of amides is 2. The van der Waals surface area contributed by atoms with Crippen LogP contribution in [0, 0.1) is 0 Å². The molecule has 0 aromatic rings. The van der Waals surface area contributed by atoms with Gasteiger partial charge in [-0.2, -0.15) is 0 Å². The first kappa shape index (κ1) is 24.9. The van der Waals surface area contributed by atoms with Gasteiger partial charge < -0.3 is 46.3 Å². The van der Waals surface area contributed by atoms with Crippen LogP contribution in [0.2, 0.25) is 0 Å². The van der Waals surface area contributed by atoms with E-state index in [1.54, 1.807) is 7.05 Å². The SMILES string of the molecule is CNC[C@@H]1CC[C@@H](N)[C@@H](O[C@H]2[C@H](O)[C@H](N(C)C(=O)CNC(C)=O)[C@@H](OC)C[C@H]2N)O1. The Bertz CT molecular complexity index is 582. The lowest BCUT2D eigenvalue weighted by atomic mass is 9.83. The fourth-order valence-electron chi connectivity index (χ4n) is 4.13. The lowest BCUT2D eigenvalue weighted by Gasteiger charge is -2.48. The molecule has 0 bridgehead atoms. The highest BCUT2D eigenvalue weighted by Gasteiger charge is 2.48. The van der Waals surface area contributed by atoms with E-state index in [4.69, 9.17) is 25.7 Å². The molecule has 2 aliphatic rings. The number of aliphatic hydroxyl groups excluding tert-OH is 1. The monoisotopic (exact) mass is 431 g/mol. The minimum atomic E-state index is -1.12. The number of methoxy groups -OCH3 is 1. The predicted octanol–water partition coefficient (Wildman–Crippen LogP) is -2.51. The Labute approximate surface area is 177 Å². The lowest BCUT2D eigenvalue weighted by Crippen LogP contribution is -2.67. The van der Waals surface area contributed by atoms with Gasteiger partial charge in [-0.1, -0.05) is 0 Å². The molecule has 0 radical (unpaired) electrons. The number of likely N-dealkylation sites (N-methyl/N-ethyl adjacent to an activating group) is 2. The van der Waals surface area contributed by atoms with Crippen LogP contribution in [0.15, 0.2) is 0 Å². The number of nitrogens with zero attached hydrogens (tertiary/aromatic N) is 1. The second-order valence-electron chi connectivity index (χ2n) is 8.10. The standard InChI is InChI=1S/C19H37N5O6/c1-10(25)23-9-15(26)24(3)16-14(28-4)7-13(21)18(17(16)27)30-19-12(20)6-5-11(29-19)8-22-2/h11-14,16-19,22,27H,5-9,20-21H2,1-4H3,(H,23,25)/t11-,12+,13+,14-,16+,17+,18+,19+/m0/s1. The van der Waals surface area contributed by atoms with E-state index in [0.717, 1.165) is 12.8 Å². The van der Waals surface area contributed by atoms with E-state index in [1.807, 2.05) is 7.05 Å². The Hall–Kier alpha value is -1.34. The molecule has 1 aliphatic heterocycles. The Morgan fingerprint density at radius 1 is 1.27 bits per heavy atom. The van der Waals surface area contributed by atoms with Crippen molar-refractivity contribution in [2.75, 3.05) is 34.3 Å². The molecular weight excluding hydrogens is 394 g/mol. The van der Waals surface area contributed by atoms with Gasteiger partial charge in [0.2, 0.25) is 11.8 Å². The summed E-state index contributed by atoms with van der Waals surface area (Å²) in [5, 5.41) is 16.7. The van der Waals surface area contributed by atoms with Crippen molar-refractivity contribution in [3.05, 3.63) is 0 Å². The van der Waals surface area contributed by atoms with Gasteiger partial charge in [-0.05, 0) is 26.3 Å². The van der Waals surface area contributed by atoms with Crippen LogP contribution in [-0.2, 0) is 23.8 Å². The molecule has 1 heterocycles. The predicted molar refractivity (Wildman–Crippen MR) is 109 cm³/mol. The molecule has 1 saturated heterocycles. The smallest absolute Gasteiger partial charge is 0.242 e. The van der Waals surface area contributed by atoms with Crippen LogP contribution in [-0.4, -0.2) is 105 Å². The highest BCUT2D eigenvalue weighted by molar-refractivity contribution is 5.83. The quantitative estimate of drug-likeness (QED) is 0.279. The molecule has 30 heavy (non-hydrogen) atoms. The van der Waals surface area contributed by atoms with Gasteiger partial charge in [0.1, 0.15) is 12.2 Å². The number of ether oxygens (including phenoxy) is 3. The fraction of sp³-hybridized carbons (Fsp3) is 0.895. The topological polar surface area (TPSA) is 161 Å². The van der Waals surface area contributed by atoms with Crippen molar-refractivity contribution in [2.45, 2.75) is 75.0 Å². The van der Waals surface area contributed by atoms with Crippen molar-refractivity contribution in [3.63, 3.8) is 0 Å². The zero-order chi connectivity index (χ0) is 22.4. The van der Waals surface area contributed by atoms with Crippen molar-refractivity contribution < 1.29 is 28.9 Å². The van der Waals surface area contributed by atoms with Crippen LogP contribution in [0.1, 0.15) is 26.2 Å². The van der Waals surface area contributed by atoms with Crippen LogP contribution in [0.25, 0.3) is 0 Å². The van der Waals surface area contributed by atoms with Gasteiger partial charge >= 0.3 is 0 Å². The Morgan fingerprint density at radius 2 is 1.97 bits per heavy atom. The summed E-state index contributed by atoms with van der Waals surface area (Å²) < 4.78 is 17.6. The summed E-state index contributed by atoms with van der Waals surface area (Å²) in [5.74, 6) is -0.669. The molecule has 1 aliphatic carbocycles. The maximum absolute atomic E-state index is 12.5. The molecule has 2 rings (SSSR count). The summed E-state index contributed by atoms with van der Waals surface area (Å²) in [7, 11) is 4.91. The van der Waals surface area contributed by atoms with Crippen LogP contribution in [0.3, 0.4) is 0 Å². The van der Waals surface area contributed by atoms with E-state index in [1.165, 1.54) is 18.9 Å². The second kappa shape index (κ2) is 11.3. The van der Waals surface area contributed by atoms with E-state index < -0.39 is 36.7 Å². The number of carbonyl (C=O) groups excluding carboxylic acids is 2. The number of carbonyl (C=O) groups is 2. The number of rotatable bonds is 8. The average molecular weight is 432 g/mol. The third-order valence-electron chi connectivity index (χ3n) is 5.85. The highest BCUT2D eigenvalue weighted by atomic mass is 16.7. The van der Waals surface area contributed by atoms with E-state index in [0.29, 0.717) is 13.0 Å². The Morgan fingerprint density at radius 3 is 2.57 bits per heavy atom. The van der Waals surface area contributed by atoms with Crippen LogP contribution in [0.5, 0.6) is 0 Å². The van der Waals surface area contributed by atoms with Crippen LogP contribution < -0.4 is 22.1 Å². The molecule has 11 heteroatoms. The normalized spacial score (nSPS) is 36.9. The first-order chi connectivity index (χ1) is 14.2. The largest absolute Gasteiger partial charge is 0.388 e. The summed E-state index contributed by atoms with van der Waals surface area (Å²) in [6.45, 7) is 1.82. The Kier molecular flexibility index (Phi) is 9.41. The third-order valence-corrected chi connectivity index (χ3v) is 5.85. The number of nitrogens with one attached hydrogen (secondary N) is 2. The van der Waals surface area contributed by atoms with Crippen molar-refractivity contribution in [1.82, 2.24) is 15.5 Å². The van der Waals surface area contributed by atoms with E-state index >= 15 is 0 Å². The lowest BCUT2D eigenvalue weighted by molar-refractivity contribution is -0.254. The molecule has 174 valence electrons. The summed E-state index contributed by atoms with van der Waals surface area (Å²) >= 11 is 0. The van der Waals surface area contributed by atoms with Crippen molar-refractivity contribution in [2.24, 2.45) is 11.5 Å². The molecule has 2 fully saturated rings. The zero-order valence-corrected chi connectivity index (χ0v) is 18.2. The van der Waals surface area contributed by atoms with Gasteiger partial charge in [-0.15, -0.1) is 0 Å². The fourth-order valence-corrected chi connectivity index (χ4v) is 4.13. The molecule has 0 spiro atoms. The van der Waals surface area contributed by atoms with Gasteiger partial charge in [-0.3, -0.25) is 9.59 Å². The van der Waals surface area contributed by atoms with Crippen molar-refractivity contribution in [1.29, 1.82) is 0 Å². The summed E-state index contributed by atoms with van der Waals surface area (Å²) in [6.07, 6.45) is -1.22. The Balaban J connectivity index is 2.12. The van der Waals surface area contributed by atoms with Gasteiger partial charge in [0, 0.05) is 33.7 Å². The van der Waals surface area contributed by atoms with E-state index in [9.17, 15) is 14.7 Å². The molecule has 11 nitrogen and oxygen atoms in total. The van der Waals surface area contributed by atoms with Gasteiger partial charge in [0.25, 0.3) is 0 Å². The molecule has 0 aromatic carbocycles. The second-order valence-corrected chi connectivity index (χ2v) is 8.10. The van der Waals surface area contributed by atoms with Gasteiger partial charge in [0.15, 0.2) is 6.29 Å². The molecule has 0 unspecified atom stereocenters. The summed E-state index contributed by atoms with van der Waals surface area (Å²) in [4.78, 5) is 25.0. The van der Waals surface area contributed by atoms with Gasteiger partial charge in [0.05, 0.1) is 30.8 Å². The molecule has 2 amide bonds. The average Bonchev–Trinajstić information content (AvgIpc) is 2.70. The summed E-state index contributed by atoms with van der Waals surface area (Å²) in [5.41, 5.74) is 12.5. The van der Waals surface area contributed by atoms with E-state index in [-0.39, 0.29) is 30.5 Å². The third kappa shape index (κ3) is 6.10. The number of hydrogen-bond acceptors (Lipinski definition) is 9. The minimum absolute atomic E-state index is 0.0406. The highest BCUT2D eigenvalue weighted by Crippen LogP contribution is 2.30. The minimum Gasteiger partial charge on any atom is -0.388 e. The first-order valence-electron chi connectivity index (χ1n) is 10.4. The van der Waals surface area contributed by atoms with Crippen molar-refractivity contribution >= 4 is 11.8 Å². The van der Waals surface area contributed by atoms with Gasteiger partial charge in [-0.25, -0.2) is 0 Å². The molecule has 0 aromatic heterocycles. The first-order valence-corrected chi connectivity index (χ1v) is 10.4. The maximum atomic E-state index is 12.5. The maximum Gasteiger partial charge on any atom is 0.242 e. The van der Waals surface area contributed by atoms with Crippen LogP contribution >= 0.6 is 0 Å². The number of nitrogens with two attached hydrogens (primary N) is 2. The van der Waals surface area contributed by atoms with Crippen molar-refractivity contribution in [3.8, 4) is 0 Å². The number of aliphatic hydroxyl groups is 1. The summed E-state index contributed by atoms with van der Waals surface area (Å²) in [6, 6.07) is -1.57. The molecule has 7 N–H and O–H groups in total. The molecule has 1 saturated carbocycles. The molecule has 8 atom stereocenters.